The smallest absolute Gasteiger partial charge is 0.335 e. The minimum absolute atomic E-state index is 0.220. The summed E-state index contributed by atoms with van der Waals surface area (Å²) in [5, 5.41) is 11.7. The van der Waals surface area contributed by atoms with E-state index >= 15 is 0 Å². The first-order valence-electron chi connectivity index (χ1n) is 6.26. The summed E-state index contributed by atoms with van der Waals surface area (Å²) in [6, 6.07) is 9.15. The minimum atomic E-state index is -0.998. The maximum atomic E-state index is 11.8. The van der Waals surface area contributed by atoms with Gasteiger partial charge in [-0.15, -0.1) is 0 Å². The molecule has 0 aliphatic rings. The first-order chi connectivity index (χ1) is 10.1. The van der Waals surface area contributed by atoms with Crippen LogP contribution in [-0.4, -0.2) is 23.5 Å². The van der Waals surface area contributed by atoms with E-state index in [-0.39, 0.29) is 23.6 Å². The van der Waals surface area contributed by atoms with Gasteiger partial charge < -0.3 is 14.8 Å². The van der Waals surface area contributed by atoms with Gasteiger partial charge in [-0.3, -0.25) is 4.79 Å². The van der Waals surface area contributed by atoms with Gasteiger partial charge in [-0.1, -0.05) is 18.2 Å². The molecule has 0 aliphatic heterocycles. The maximum absolute atomic E-state index is 11.8. The standard InChI is InChI=1S/C15H13NO5/c17-13-6-5-11(9-21-13)14(18)16-8-7-10-3-1-2-4-12(10)15(19)20/h1-6,9H,7-8H2,(H,16,18)(H,19,20). The van der Waals surface area contributed by atoms with Crippen molar-refractivity contribution in [1.29, 1.82) is 0 Å². The molecular weight excluding hydrogens is 274 g/mol. The molecule has 0 aliphatic carbocycles. The summed E-state index contributed by atoms with van der Waals surface area (Å²) in [6.45, 7) is 0.280. The fraction of sp³-hybridized carbons (Fsp3) is 0.133. The van der Waals surface area contributed by atoms with Crippen molar-refractivity contribution in [2.24, 2.45) is 0 Å². The Morgan fingerprint density at radius 1 is 1.14 bits per heavy atom. The number of carboxylic acids is 1. The fourth-order valence-electron chi connectivity index (χ4n) is 1.85. The molecule has 108 valence electrons. The fourth-order valence-corrected chi connectivity index (χ4v) is 1.85. The molecule has 0 saturated carbocycles. The molecule has 0 spiro atoms. The second-order valence-electron chi connectivity index (χ2n) is 4.31. The molecular formula is C15H13NO5. The molecule has 0 fully saturated rings. The van der Waals surface area contributed by atoms with Crippen LogP contribution in [0.3, 0.4) is 0 Å². The molecule has 2 aromatic rings. The van der Waals surface area contributed by atoms with Crippen molar-refractivity contribution < 1.29 is 19.1 Å². The van der Waals surface area contributed by atoms with Gasteiger partial charge in [0.05, 0.1) is 11.1 Å². The minimum Gasteiger partial charge on any atom is -0.478 e. The van der Waals surface area contributed by atoms with Crippen molar-refractivity contribution in [3.05, 3.63) is 69.8 Å². The van der Waals surface area contributed by atoms with E-state index in [2.05, 4.69) is 9.73 Å². The first kappa shape index (κ1) is 14.5. The Morgan fingerprint density at radius 3 is 2.57 bits per heavy atom. The maximum Gasteiger partial charge on any atom is 0.335 e. The van der Waals surface area contributed by atoms with Gasteiger partial charge in [0.2, 0.25) is 0 Å². The number of carbonyl (C=O) groups excluding carboxylic acids is 1. The van der Waals surface area contributed by atoms with E-state index in [9.17, 15) is 14.4 Å². The summed E-state index contributed by atoms with van der Waals surface area (Å²) in [5.41, 5.74) is 0.574. The van der Waals surface area contributed by atoms with Crippen LogP contribution in [0.15, 0.2) is 51.9 Å². The van der Waals surface area contributed by atoms with E-state index in [1.807, 2.05) is 0 Å². The largest absolute Gasteiger partial charge is 0.478 e. The third kappa shape index (κ3) is 3.79. The number of aromatic carboxylic acids is 1. The Morgan fingerprint density at radius 2 is 1.90 bits per heavy atom. The molecule has 1 heterocycles. The molecule has 21 heavy (non-hydrogen) atoms. The van der Waals surface area contributed by atoms with E-state index < -0.39 is 11.6 Å². The monoisotopic (exact) mass is 287 g/mol. The predicted molar refractivity (Wildman–Crippen MR) is 74.4 cm³/mol. The third-order valence-electron chi connectivity index (χ3n) is 2.89. The predicted octanol–water partition coefficient (Wildman–Crippen LogP) is 1.31. The van der Waals surface area contributed by atoms with Gasteiger partial charge in [-0.25, -0.2) is 9.59 Å². The Bertz CT molecular complexity index is 700. The molecule has 6 heteroatoms. The number of hydrogen-bond donors (Lipinski definition) is 2. The first-order valence-corrected chi connectivity index (χ1v) is 6.26. The zero-order valence-corrected chi connectivity index (χ0v) is 11.0. The Balaban J connectivity index is 1.95. The van der Waals surface area contributed by atoms with Gasteiger partial charge in [-0.05, 0) is 24.1 Å². The number of benzene rings is 1. The highest BCUT2D eigenvalue weighted by atomic mass is 16.4. The van der Waals surface area contributed by atoms with Crippen LogP contribution in [0.1, 0.15) is 26.3 Å². The highest BCUT2D eigenvalue weighted by molar-refractivity contribution is 5.93. The SMILES string of the molecule is O=C(NCCc1ccccc1C(=O)O)c1ccc(=O)oc1. The van der Waals surface area contributed by atoms with E-state index in [0.717, 1.165) is 12.3 Å². The zero-order valence-electron chi connectivity index (χ0n) is 11.0. The topological polar surface area (TPSA) is 96.6 Å². The molecule has 1 aromatic carbocycles. The second-order valence-corrected chi connectivity index (χ2v) is 4.31. The molecule has 0 radical (unpaired) electrons. The van der Waals surface area contributed by atoms with Crippen LogP contribution in [0.5, 0.6) is 0 Å². The highest BCUT2D eigenvalue weighted by Crippen LogP contribution is 2.09. The van der Waals surface area contributed by atoms with Gasteiger partial charge >= 0.3 is 11.6 Å². The van der Waals surface area contributed by atoms with Crippen molar-refractivity contribution in [2.75, 3.05) is 6.54 Å². The van der Waals surface area contributed by atoms with Crippen LogP contribution in [0, 0.1) is 0 Å². The average molecular weight is 287 g/mol. The van der Waals surface area contributed by atoms with Crippen molar-refractivity contribution in [3.8, 4) is 0 Å². The Kier molecular flexibility index (Phi) is 4.50. The Labute approximate surface area is 120 Å². The van der Waals surface area contributed by atoms with Crippen LogP contribution < -0.4 is 10.9 Å². The summed E-state index contributed by atoms with van der Waals surface area (Å²) in [5.74, 6) is -1.38. The summed E-state index contributed by atoms with van der Waals surface area (Å²) >= 11 is 0. The van der Waals surface area contributed by atoms with E-state index in [1.165, 1.54) is 12.1 Å². The van der Waals surface area contributed by atoms with Gasteiger partial charge in [0, 0.05) is 12.6 Å². The van der Waals surface area contributed by atoms with Crippen LogP contribution >= 0.6 is 0 Å². The van der Waals surface area contributed by atoms with Crippen LogP contribution in [-0.2, 0) is 6.42 Å². The van der Waals surface area contributed by atoms with E-state index in [0.29, 0.717) is 12.0 Å². The van der Waals surface area contributed by atoms with Crippen molar-refractivity contribution in [3.63, 3.8) is 0 Å². The van der Waals surface area contributed by atoms with Gasteiger partial charge in [0.15, 0.2) is 0 Å². The lowest BCUT2D eigenvalue weighted by Crippen LogP contribution is -2.26. The number of rotatable bonds is 5. The molecule has 1 amide bonds. The molecule has 0 unspecified atom stereocenters. The van der Waals surface area contributed by atoms with Gasteiger partial charge in [-0.2, -0.15) is 0 Å². The molecule has 2 N–H and O–H groups in total. The molecule has 1 aromatic heterocycles. The van der Waals surface area contributed by atoms with E-state index in [1.54, 1.807) is 18.2 Å². The number of hydrogen-bond acceptors (Lipinski definition) is 4. The summed E-state index contributed by atoms with van der Waals surface area (Å²) < 4.78 is 4.60. The third-order valence-corrected chi connectivity index (χ3v) is 2.89. The number of nitrogens with one attached hydrogen (secondary N) is 1. The lowest BCUT2D eigenvalue weighted by atomic mass is 10.0. The molecule has 6 nitrogen and oxygen atoms in total. The average Bonchev–Trinajstić information content (AvgIpc) is 2.48. The molecule has 0 bridgehead atoms. The Hall–Kier alpha value is -2.89. The van der Waals surface area contributed by atoms with Gasteiger partial charge in [0.1, 0.15) is 6.26 Å². The number of carbonyl (C=O) groups is 2. The summed E-state index contributed by atoms with van der Waals surface area (Å²) in [4.78, 5) is 33.6. The van der Waals surface area contributed by atoms with Crippen LogP contribution in [0.4, 0.5) is 0 Å². The summed E-state index contributed by atoms with van der Waals surface area (Å²) in [6.07, 6.45) is 1.48. The normalized spacial score (nSPS) is 10.1. The van der Waals surface area contributed by atoms with Crippen molar-refractivity contribution >= 4 is 11.9 Å². The lowest BCUT2D eigenvalue weighted by Gasteiger charge is -2.07. The second kappa shape index (κ2) is 6.51. The summed E-state index contributed by atoms with van der Waals surface area (Å²) in [7, 11) is 0. The van der Waals surface area contributed by atoms with Crippen molar-refractivity contribution in [2.45, 2.75) is 6.42 Å². The van der Waals surface area contributed by atoms with Crippen molar-refractivity contribution in [1.82, 2.24) is 5.32 Å². The quantitative estimate of drug-likeness (QED) is 0.864. The lowest BCUT2D eigenvalue weighted by molar-refractivity contribution is 0.0695. The van der Waals surface area contributed by atoms with Crippen LogP contribution in [0.25, 0.3) is 0 Å². The van der Waals surface area contributed by atoms with Crippen LogP contribution in [0.2, 0.25) is 0 Å². The zero-order chi connectivity index (χ0) is 15.2. The molecule has 0 atom stereocenters. The number of carboxylic acid groups (broad SMARTS) is 1. The van der Waals surface area contributed by atoms with Gasteiger partial charge in [0.25, 0.3) is 5.91 Å². The molecule has 2 rings (SSSR count). The number of amides is 1. The highest BCUT2D eigenvalue weighted by Gasteiger charge is 2.10. The van der Waals surface area contributed by atoms with E-state index in [4.69, 9.17) is 5.11 Å². The molecule has 0 saturated heterocycles.